The highest BCUT2D eigenvalue weighted by Gasteiger charge is 2.40. The average molecular weight is 293 g/mol. The summed E-state index contributed by atoms with van der Waals surface area (Å²) >= 11 is 0. The van der Waals surface area contributed by atoms with Gasteiger partial charge in [-0.05, 0) is 70.9 Å². The summed E-state index contributed by atoms with van der Waals surface area (Å²) in [5.74, 6) is 2.37. The molecule has 0 atom stereocenters. The highest BCUT2D eigenvalue weighted by molar-refractivity contribution is 5.04. The first-order valence-electron chi connectivity index (χ1n) is 8.50. The van der Waals surface area contributed by atoms with Gasteiger partial charge in [0.05, 0.1) is 0 Å². The van der Waals surface area contributed by atoms with Gasteiger partial charge < -0.3 is 14.6 Å². The van der Waals surface area contributed by atoms with Crippen molar-refractivity contribution in [3.63, 3.8) is 0 Å². The molecular formula is C16H27N3O2. The zero-order chi connectivity index (χ0) is 14.5. The number of piperidine rings is 1. The molecule has 0 spiro atoms. The fourth-order valence-corrected chi connectivity index (χ4v) is 3.69. The molecule has 1 aliphatic heterocycles. The molecule has 118 valence electrons. The number of hydrogen-bond donors (Lipinski definition) is 1. The third-order valence-electron chi connectivity index (χ3n) is 4.93. The van der Waals surface area contributed by atoms with Gasteiger partial charge >= 0.3 is 0 Å². The molecular weight excluding hydrogens is 266 g/mol. The van der Waals surface area contributed by atoms with Crippen LogP contribution in [0.15, 0.2) is 4.52 Å². The summed E-state index contributed by atoms with van der Waals surface area (Å²) in [7, 11) is 0. The Bertz CT molecular complexity index is 434. The summed E-state index contributed by atoms with van der Waals surface area (Å²) in [6.45, 7) is 5.04. The lowest BCUT2D eigenvalue weighted by molar-refractivity contribution is -0.0469. The van der Waals surface area contributed by atoms with Gasteiger partial charge in [-0.3, -0.25) is 0 Å². The molecule has 2 heterocycles. The van der Waals surface area contributed by atoms with Crippen molar-refractivity contribution in [3.8, 4) is 0 Å². The van der Waals surface area contributed by atoms with Crippen LogP contribution in [0.4, 0.5) is 0 Å². The third kappa shape index (κ3) is 3.46. The summed E-state index contributed by atoms with van der Waals surface area (Å²) in [5.41, 5.74) is -0.273. The molecule has 2 fully saturated rings. The summed E-state index contributed by atoms with van der Waals surface area (Å²) in [5, 5.41) is 7.63. The van der Waals surface area contributed by atoms with Gasteiger partial charge in [0.25, 0.3) is 0 Å². The van der Waals surface area contributed by atoms with Crippen LogP contribution in [-0.4, -0.2) is 29.8 Å². The topological polar surface area (TPSA) is 60.2 Å². The second-order valence-corrected chi connectivity index (χ2v) is 6.38. The van der Waals surface area contributed by atoms with Crippen LogP contribution in [0.5, 0.6) is 0 Å². The van der Waals surface area contributed by atoms with Crippen molar-refractivity contribution in [2.75, 3.05) is 19.7 Å². The maximum Gasteiger partial charge on any atom is 0.226 e. The van der Waals surface area contributed by atoms with Crippen molar-refractivity contribution in [1.29, 1.82) is 0 Å². The van der Waals surface area contributed by atoms with Crippen LogP contribution in [0.3, 0.4) is 0 Å². The Labute approximate surface area is 126 Å². The van der Waals surface area contributed by atoms with E-state index in [1.54, 1.807) is 0 Å². The van der Waals surface area contributed by atoms with Gasteiger partial charge in [-0.25, -0.2) is 0 Å². The van der Waals surface area contributed by atoms with E-state index in [1.165, 1.54) is 25.7 Å². The molecule has 0 amide bonds. The maximum absolute atomic E-state index is 5.99. The molecule has 1 aliphatic carbocycles. The number of aryl methyl sites for hydroxylation is 1. The van der Waals surface area contributed by atoms with E-state index >= 15 is 0 Å². The van der Waals surface area contributed by atoms with Gasteiger partial charge in [0.15, 0.2) is 0 Å². The molecule has 1 aromatic heterocycles. The number of aromatic nitrogens is 2. The fraction of sp³-hybridized carbons (Fsp3) is 0.875. The summed E-state index contributed by atoms with van der Waals surface area (Å²) in [6.07, 6.45) is 9.03. The first-order chi connectivity index (χ1) is 10.3. The first-order valence-corrected chi connectivity index (χ1v) is 8.50. The van der Waals surface area contributed by atoms with E-state index in [2.05, 4.69) is 15.5 Å². The number of nitrogens with zero attached hydrogens (tertiary/aromatic N) is 2. The van der Waals surface area contributed by atoms with Crippen LogP contribution >= 0.6 is 0 Å². The lowest BCUT2D eigenvalue weighted by Gasteiger charge is -2.24. The van der Waals surface area contributed by atoms with E-state index in [9.17, 15) is 0 Å². The number of ether oxygens (including phenoxy) is 1. The van der Waals surface area contributed by atoms with Crippen molar-refractivity contribution in [2.45, 2.75) is 63.9 Å². The quantitative estimate of drug-likeness (QED) is 0.874. The second-order valence-electron chi connectivity index (χ2n) is 6.38. The second kappa shape index (κ2) is 6.88. The molecule has 5 nitrogen and oxygen atoms in total. The van der Waals surface area contributed by atoms with Crippen LogP contribution in [0.2, 0.25) is 0 Å². The lowest BCUT2D eigenvalue weighted by Crippen LogP contribution is -2.28. The van der Waals surface area contributed by atoms with Crippen LogP contribution in [0.1, 0.15) is 63.6 Å². The minimum atomic E-state index is -0.273. The Morgan fingerprint density at radius 3 is 2.76 bits per heavy atom. The van der Waals surface area contributed by atoms with Crippen molar-refractivity contribution in [3.05, 3.63) is 11.7 Å². The van der Waals surface area contributed by atoms with Crippen LogP contribution < -0.4 is 5.32 Å². The standard InChI is InChI=1S/C16H27N3O2/c1-2-20-16(9-3-4-10-16)15-18-14(21-19-15)6-5-13-7-11-17-12-8-13/h13,17H,2-12H2,1H3. The molecule has 0 aromatic carbocycles. The molecule has 1 saturated heterocycles. The first kappa shape index (κ1) is 15.0. The largest absolute Gasteiger partial charge is 0.367 e. The molecule has 1 N–H and O–H groups in total. The Balaban J connectivity index is 1.59. The Morgan fingerprint density at radius 1 is 1.29 bits per heavy atom. The van der Waals surface area contributed by atoms with Crippen molar-refractivity contribution < 1.29 is 9.26 Å². The zero-order valence-corrected chi connectivity index (χ0v) is 13.1. The molecule has 0 unspecified atom stereocenters. The normalized spacial score (nSPS) is 22.7. The van der Waals surface area contributed by atoms with Gasteiger partial charge in [0.1, 0.15) is 5.60 Å². The zero-order valence-electron chi connectivity index (χ0n) is 13.1. The molecule has 1 aromatic rings. The van der Waals surface area contributed by atoms with Crippen LogP contribution in [0, 0.1) is 5.92 Å². The Morgan fingerprint density at radius 2 is 2.05 bits per heavy atom. The van der Waals surface area contributed by atoms with E-state index < -0.39 is 0 Å². The van der Waals surface area contributed by atoms with Gasteiger partial charge in [0.2, 0.25) is 11.7 Å². The SMILES string of the molecule is CCOC1(c2noc(CCC3CCNCC3)n2)CCCC1. The average Bonchev–Trinajstić information content (AvgIpc) is 3.16. The van der Waals surface area contributed by atoms with Gasteiger partial charge in [-0.2, -0.15) is 4.98 Å². The minimum Gasteiger partial charge on any atom is -0.367 e. The van der Waals surface area contributed by atoms with Crippen molar-refractivity contribution in [2.24, 2.45) is 5.92 Å². The van der Waals surface area contributed by atoms with Crippen molar-refractivity contribution in [1.82, 2.24) is 15.5 Å². The van der Waals surface area contributed by atoms with E-state index in [-0.39, 0.29) is 5.60 Å². The lowest BCUT2D eigenvalue weighted by atomic mass is 9.93. The Kier molecular flexibility index (Phi) is 4.91. The molecule has 0 radical (unpaired) electrons. The van der Waals surface area contributed by atoms with Crippen LogP contribution in [0.25, 0.3) is 0 Å². The monoisotopic (exact) mass is 293 g/mol. The third-order valence-corrected chi connectivity index (χ3v) is 4.93. The number of hydrogen-bond acceptors (Lipinski definition) is 5. The van der Waals surface area contributed by atoms with E-state index in [0.29, 0.717) is 6.61 Å². The van der Waals surface area contributed by atoms with Crippen LogP contribution in [-0.2, 0) is 16.8 Å². The molecule has 0 bridgehead atoms. The molecule has 3 rings (SSSR count). The van der Waals surface area contributed by atoms with E-state index in [4.69, 9.17) is 9.26 Å². The predicted molar refractivity (Wildman–Crippen MR) is 80.0 cm³/mol. The number of rotatable bonds is 6. The predicted octanol–water partition coefficient (Wildman–Crippen LogP) is 2.81. The van der Waals surface area contributed by atoms with E-state index in [1.807, 2.05) is 6.92 Å². The molecule has 21 heavy (non-hydrogen) atoms. The smallest absolute Gasteiger partial charge is 0.226 e. The van der Waals surface area contributed by atoms with Gasteiger partial charge in [-0.15, -0.1) is 0 Å². The highest BCUT2D eigenvalue weighted by atomic mass is 16.5. The Hall–Kier alpha value is -0.940. The highest BCUT2D eigenvalue weighted by Crippen LogP contribution is 2.40. The molecule has 1 saturated carbocycles. The van der Waals surface area contributed by atoms with Crippen molar-refractivity contribution >= 4 is 0 Å². The number of nitrogens with one attached hydrogen (secondary N) is 1. The van der Waals surface area contributed by atoms with E-state index in [0.717, 1.165) is 56.4 Å². The summed E-state index contributed by atoms with van der Waals surface area (Å²) < 4.78 is 11.5. The summed E-state index contributed by atoms with van der Waals surface area (Å²) in [6, 6.07) is 0. The van der Waals surface area contributed by atoms with Gasteiger partial charge in [-0.1, -0.05) is 5.16 Å². The maximum atomic E-state index is 5.99. The molecule has 5 heteroatoms. The minimum absolute atomic E-state index is 0.273. The van der Waals surface area contributed by atoms with Gasteiger partial charge in [0, 0.05) is 13.0 Å². The molecule has 2 aliphatic rings. The summed E-state index contributed by atoms with van der Waals surface area (Å²) in [4.78, 5) is 4.65. The fourth-order valence-electron chi connectivity index (χ4n) is 3.69.